The molecule has 3 nitrogen and oxygen atoms in total. The van der Waals surface area contributed by atoms with Gasteiger partial charge in [-0.1, -0.05) is 19.3 Å². The maximum atomic E-state index is 6.22. The highest BCUT2D eigenvalue weighted by Crippen LogP contribution is 2.41. The second-order valence-electron chi connectivity index (χ2n) is 7.82. The van der Waals surface area contributed by atoms with Crippen LogP contribution >= 0.6 is 22.9 Å². The van der Waals surface area contributed by atoms with Crippen molar-refractivity contribution >= 4 is 30.7 Å². The van der Waals surface area contributed by atoms with E-state index in [0.717, 1.165) is 31.6 Å². The van der Waals surface area contributed by atoms with Crippen molar-refractivity contribution in [2.45, 2.75) is 75.9 Å². The number of ether oxygens (including phenoxy) is 2. The Morgan fingerprint density at radius 1 is 1.14 bits per heavy atom. The summed E-state index contributed by atoms with van der Waals surface area (Å²) >= 11 is 2.45. The first-order chi connectivity index (χ1) is 10.6. The van der Waals surface area contributed by atoms with Gasteiger partial charge in [-0.15, -0.1) is 0 Å². The molecule has 3 fully saturated rings. The molecule has 3 aliphatic rings. The Hall–Kier alpha value is 0.675. The zero-order chi connectivity index (χ0) is 15.5. The Morgan fingerprint density at radius 3 is 2.45 bits per heavy atom. The lowest BCUT2D eigenvalue weighted by atomic mass is 9.70. The van der Waals surface area contributed by atoms with E-state index < -0.39 is 0 Å². The first-order valence-corrected chi connectivity index (χ1v) is 10.3. The van der Waals surface area contributed by atoms with E-state index >= 15 is 0 Å². The Morgan fingerprint density at radius 2 is 1.82 bits per heavy atom. The molecule has 0 bridgehead atoms. The molecule has 22 heavy (non-hydrogen) atoms. The lowest BCUT2D eigenvalue weighted by Gasteiger charge is -2.38. The second-order valence-corrected chi connectivity index (χ2v) is 9.06. The monoisotopic (exact) mass is 419 g/mol. The number of rotatable bonds is 4. The van der Waals surface area contributed by atoms with Crippen LogP contribution in [0.1, 0.15) is 51.9 Å². The van der Waals surface area contributed by atoms with Gasteiger partial charge in [0.15, 0.2) is 0 Å². The van der Waals surface area contributed by atoms with E-state index in [4.69, 9.17) is 9.47 Å². The van der Waals surface area contributed by atoms with Crippen LogP contribution in [0.15, 0.2) is 0 Å². The average molecular weight is 419 g/mol. The molecule has 3 atom stereocenters. The third kappa shape index (κ3) is 4.39. The fourth-order valence-electron chi connectivity index (χ4n) is 4.10. The van der Waals surface area contributed by atoms with E-state index in [1.165, 1.54) is 44.9 Å². The third-order valence-corrected chi connectivity index (χ3v) is 7.56. The molecule has 0 aromatic heterocycles. The van der Waals surface area contributed by atoms with E-state index in [1.807, 2.05) is 0 Å². The molecule has 0 aromatic carbocycles. The molecular formula is C17H31BINO2. The molecule has 3 unspecified atom stereocenters. The van der Waals surface area contributed by atoms with Crippen LogP contribution in [0.3, 0.4) is 0 Å². The van der Waals surface area contributed by atoms with Gasteiger partial charge in [-0.3, -0.25) is 0 Å². The molecule has 0 spiro atoms. The van der Waals surface area contributed by atoms with E-state index in [1.54, 1.807) is 0 Å². The van der Waals surface area contributed by atoms with Gasteiger partial charge in [-0.2, -0.15) is 0 Å². The van der Waals surface area contributed by atoms with Gasteiger partial charge in [-0.05, 0) is 50.3 Å². The van der Waals surface area contributed by atoms with Crippen LogP contribution in [0.4, 0.5) is 0 Å². The molecule has 2 aliphatic carbocycles. The van der Waals surface area contributed by atoms with Crippen molar-refractivity contribution in [3.63, 3.8) is 0 Å². The zero-order valence-electron chi connectivity index (χ0n) is 14.2. The van der Waals surface area contributed by atoms with Crippen molar-refractivity contribution in [3.8, 4) is 0 Å². The van der Waals surface area contributed by atoms with Crippen molar-refractivity contribution in [1.82, 2.24) is 3.11 Å². The molecule has 1 saturated heterocycles. The van der Waals surface area contributed by atoms with Gasteiger partial charge in [0.2, 0.25) is 0 Å². The molecule has 0 N–H and O–H groups in total. The van der Waals surface area contributed by atoms with Crippen molar-refractivity contribution in [2.75, 3.05) is 19.8 Å². The van der Waals surface area contributed by atoms with Gasteiger partial charge < -0.3 is 9.47 Å². The summed E-state index contributed by atoms with van der Waals surface area (Å²) in [7, 11) is 2.28. The predicted octanol–water partition coefficient (Wildman–Crippen LogP) is 3.22. The molecular weight excluding hydrogens is 388 g/mol. The fourth-order valence-corrected chi connectivity index (χ4v) is 5.09. The number of nitrogens with zero attached hydrogens (tertiary/aromatic N) is 1. The van der Waals surface area contributed by atoms with Crippen LogP contribution in [0.2, 0.25) is 5.82 Å². The molecule has 0 amide bonds. The summed E-state index contributed by atoms with van der Waals surface area (Å²) in [6, 6.07) is 0.587. The van der Waals surface area contributed by atoms with Crippen molar-refractivity contribution in [3.05, 3.63) is 0 Å². The summed E-state index contributed by atoms with van der Waals surface area (Å²) in [6.45, 7) is 4.93. The zero-order valence-corrected chi connectivity index (χ0v) is 16.3. The highest BCUT2D eigenvalue weighted by Gasteiger charge is 2.32. The summed E-state index contributed by atoms with van der Waals surface area (Å²) in [5.74, 6) is 2.66. The standard InChI is InChI=1S/C17H31BINO2/c1-12-17(18)11-22-16(9-20(12)19)10-21-15-7-5-14(6-8-15)13-3-2-4-13/h12-17H,2-11,18H2,1H3. The molecule has 126 valence electrons. The average Bonchev–Trinajstić information content (AvgIpc) is 2.59. The van der Waals surface area contributed by atoms with Gasteiger partial charge in [-0.25, -0.2) is 3.11 Å². The maximum Gasteiger partial charge on any atom is 0.110 e. The van der Waals surface area contributed by atoms with E-state index in [0.29, 0.717) is 18.0 Å². The predicted molar refractivity (Wildman–Crippen MR) is 101 cm³/mol. The smallest absolute Gasteiger partial charge is 0.110 e. The van der Waals surface area contributed by atoms with Gasteiger partial charge in [0.05, 0.1) is 18.8 Å². The summed E-state index contributed by atoms with van der Waals surface area (Å²) < 4.78 is 14.7. The molecule has 0 aromatic rings. The minimum absolute atomic E-state index is 0.244. The minimum atomic E-state index is 0.244. The van der Waals surface area contributed by atoms with Gasteiger partial charge in [0, 0.05) is 42.1 Å². The molecule has 0 radical (unpaired) electrons. The molecule has 2 saturated carbocycles. The number of hydrogen-bond acceptors (Lipinski definition) is 3. The lowest BCUT2D eigenvalue weighted by Crippen LogP contribution is -2.35. The van der Waals surface area contributed by atoms with Gasteiger partial charge >= 0.3 is 0 Å². The maximum absolute atomic E-state index is 6.22. The first kappa shape index (κ1) is 17.5. The summed E-state index contributed by atoms with van der Waals surface area (Å²) in [6.07, 6.45) is 10.5. The lowest BCUT2D eigenvalue weighted by molar-refractivity contribution is -0.0571. The summed E-state index contributed by atoms with van der Waals surface area (Å²) in [5.41, 5.74) is 0. The van der Waals surface area contributed by atoms with E-state index in [2.05, 4.69) is 40.7 Å². The normalized spacial score (nSPS) is 41.8. The Kier molecular flexibility index (Phi) is 6.50. The third-order valence-electron chi connectivity index (χ3n) is 6.29. The van der Waals surface area contributed by atoms with Crippen LogP contribution in [-0.4, -0.2) is 49.0 Å². The van der Waals surface area contributed by atoms with Crippen LogP contribution in [-0.2, 0) is 9.47 Å². The number of halogens is 1. The van der Waals surface area contributed by atoms with Gasteiger partial charge in [0.25, 0.3) is 0 Å². The van der Waals surface area contributed by atoms with Crippen molar-refractivity contribution < 1.29 is 9.47 Å². The topological polar surface area (TPSA) is 21.7 Å². The SMILES string of the molecule is BC1COC(COC2CCC(C3CCC3)CC2)CN(I)C1C. The minimum Gasteiger partial charge on any atom is -0.375 e. The highest BCUT2D eigenvalue weighted by molar-refractivity contribution is 14.1. The Balaban J connectivity index is 1.37. The molecule has 1 aliphatic heterocycles. The van der Waals surface area contributed by atoms with Crippen LogP contribution in [0, 0.1) is 11.8 Å². The number of hydrogen-bond donors (Lipinski definition) is 0. The molecule has 5 heteroatoms. The Labute approximate surface area is 150 Å². The largest absolute Gasteiger partial charge is 0.375 e. The Bertz CT molecular complexity index is 348. The van der Waals surface area contributed by atoms with Crippen molar-refractivity contribution in [1.29, 1.82) is 0 Å². The summed E-state index contributed by atoms with van der Waals surface area (Å²) in [5, 5.41) is 0. The van der Waals surface area contributed by atoms with Crippen LogP contribution < -0.4 is 0 Å². The van der Waals surface area contributed by atoms with E-state index in [-0.39, 0.29) is 6.10 Å². The van der Waals surface area contributed by atoms with E-state index in [9.17, 15) is 0 Å². The quantitative estimate of drug-likeness (QED) is 0.397. The highest BCUT2D eigenvalue weighted by atomic mass is 127. The second kappa shape index (κ2) is 8.17. The first-order valence-electron chi connectivity index (χ1n) is 9.29. The van der Waals surface area contributed by atoms with Crippen LogP contribution in [0.25, 0.3) is 0 Å². The molecule has 1 heterocycles. The fraction of sp³-hybridized carbons (Fsp3) is 1.00. The van der Waals surface area contributed by atoms with Gasteiger partial charge in [0.1, 0.15) is 7.85 Å². The van der Waals surface area contributed by atoms with Crippen LogP contribution in [0.5, 0.6) is 0 Å². The van der Waals surface area contributed by atoms with Crippen molar-refractivity contribution in [2.24, 2.45) is 11.8 Å². The summed E-state index contributed by atoms with van der Waals surface area (Å²) in [4.78, 5) is 0. The molecule has 3 rings (SSSR count).